The molecule has 4 heteroatoms. The van der Waals surface area contributed by atoms with Crippen LogP contribution in [0.1, 0.15) is 21.7 Å². The van der Waals surface area contributed by atoms with E-state index < -0.39 is 0 Å². The number of ketones is 1. The Morgan fingerprint density at radius 1 is 1.08 bits per heavy atom. The van der Waals surface area contributed by atoms with E-state index >= 15 is 0 Å². The fourth-order valence-corrected chi connectivity index (χ4v) is 3.92. The van der Waals surface area contributed by atoms with E-state index in [-0.39, 0.29) is 5.78 Å². The summed E-state index contributed by atoms with van der Waals surface area (Å²) in [4.78, 5) is 13.8. The first-order valence-electron chi connectivity index (χ1n) is 8.40. The van der Waals surface area contributed by atoms with Crippen LogP contribution in [-0.4, -0.2) is 29.8 Å². The highest BCUT2D eigenvalue weighted by molar-refractivity contribution is 8.00. The fraction of sp³-hybridized carbons (Fsp3) is 0.286. The zero-order chi connectivity index (χ0) is 17.8. The summed E-state index contributed by atoms with van der Waals surface area (Å²) in [6.45, 7) is 5.47. The Kier molecular flexibility index (Phi) is 5.61. The third-order valence-corrected chi connectivity index (χ3v) is 5.48. The molecule has 0 N–H and O–H groups in total. The number of carbonyl (C=O) groups excluding carboxylic acids is 1. The Morgan fingerprint density at radius 3 is 2.60 bits per heavy atom. The summed E-state index contributed by atoms with van der Waals surface area (Å²) in [6, 6.07) is 16.6. The van der Waals surface area contributed by atoms with Gasteiger partial charge in [0.05, 0.1) is 12.4 Å². The molecule has 0 amide bonds. The van der Waals surface area contributed by atoms with Crippen LogP contribution in [0.25, 0.3) is 10.8 Å². The summed E-state index contributed by atoms with van der Waals surface area (Å²) in [5.41, 5.74) is 2.95. The number of benzene rings is 2. The molecule has 1 aromatic heterocycles. The predicted molar refractivity (Wildman–Crippen MR) is 105 cm³/mol. The summed E-state index contributed by atoms with van der Waals surface area (Å²) < 4.78 is 7.31. The zero-order valence-corrected chi connectivity index (χ0v) is 15.7. The molecule has 3 nitrogen and oxygen atoms in total. The molecular weight excluding hydrogens is 330 g/mol. The van der Waals surface area contributed by atoms with Crippen molar-refractivity contribution in [2.75, 3.05) is 19.5 Å². The standard InChI is InChI=1S/C21H23NO2S/c1-15-12-20(16(2)22(15)10-11-24-3)21(23)14-25-19-9-8-17-6-4-5-7-18(17)13-19/h4-9,12-13H,10-11,14H2,1-3H3. The summed E-state index contributed by atoms with van der Waals surface area (Å²) in [7, 11) is 1.69. The summed E-state index contributed by atoms with van der Waals surface area (Å²) in [5, 5.41) is 2.43. The molecule has 0 radical (unpaired) electrons. The monoisotopic (exact) mass is 353 g/mol. The Hall–Kier alpha value is -2.04. The van der Waals surface area contributed by atoms with Crippen LogP contribution in [0.15, 0.2) is 53.4 Å². The molecule has 2 aromatic carbocycles. The van der Waals surface area contributed by atoms with E-state index in [9.17, 15) is 4.79 Å². The van der Waals surface area contributed by atoms with Crippen molar-refractivity contribution in [3.63, 3.8) is 0 Å². The van der Waals surface area contributed by atoms with Gasteiger partial charge in [-0.25, -0.2) is 0 Å². The van der Waals surface area contributed by atoms with Crippen LogP contribution in [0.3, 0.4) is 0 Å². The van der Waals surface area contributed by atoms with Gasteiger partial charge >= 0.3 is 0 Å². The first-order chi connectivity index (χ1) is 12.1. The summed E-state index contributed by atoms with van der Waals surface area (Å²) in [5.74, 6) is 0.627. The number of methoxy groups -OCH3 is 1. The average Bonchev–Trinajstić information content (AvgIpc) is 2.92. The number of aryl methyl sites for hydroxylation is 1. The summed E-state index contributed by atoms with van der Waals surface area (Å²) in [6.07, 6.45) is 0. The molecule has 0 aliphatic rings. The average molecular weight is 353 g/mol. The minimum absolute atomic E-state index is 0.176. The number of rotatable bonds is 7. The van der Waals surface area contributed by atoms with Gasteiger partial charge in [0.1, 0.15) is 0 Å². The molecule has 3 rings (SSSR count). The van der Waals surface area contributed by atoms with Crippen molar-refractivity contribution < 1.29 is 9.53 Å². The van der Waals surface area contributed by atoms with E-state index in [1.165, 1.54) is 10.8 Å². The number of aromatic nitrogens is 1. The van der Waals surface area contributed by atoms with Crippen molar-refractivity contribution in [3.8, 4) is 0 Å². The Morgan fingerprint density at radius 2 is 1.84 bits per heavy atom. The first-order valence-corrected chi connectivity index (χ1v) is 9.39. The second kappa shape index (κ2) is 7.89. The van der Waals surface area contributed by atoms with Gasteiger partial charge in [0.15, 0.2) is 5.78 Å². The highest BCUT2D eigenvalue weighted by Crippen LogP contribution is 2.25. The van der Waals surface area contributed by atoms with Crippen LogP contribution in [0.4, 0.5) is 0 Å². The minimum atomic E-state index is 0.176. The maximum atomic E-state index is 12.7. The molecule has 3 aromatic rings. The minimum Gasteiger partial charge on any atom is -0.383 e. The Labute approximate surface area is 153 Å². The molecule has 0 fully saturated rings. The molecule has 130 valence electrons. The Balaban J connectivity index is 1.71. The van der Waals surface area contributed by atoms with Gasteiger partial charge in [-0.15, -0.1) is 11.8 Å². The lowest BCUT2D eigenvalue weighted by atomic mass is 10.1. The van der Waals surface area contributed by atoms with Crippen molar-refractivity contribution in [1.82, 2.24) is 4.57 Å². The van der Waals surface area contributed by atoms with Crippen molar-refractivity contribution in [2.45, 2.75) is 25.3 Å². The third kappa shape index (κ3) is 3.97. The molecule has 0 bridgehead atoms. The van der Waals surface area contributed by atoms with E-state index in [1.54, 1.807) is 18.9 Å². The van der Waals surface area contributed by atoms with Crippen molar-refractivity contribution in [3.05, 3.63) is 65.5 Å². The van der Waals surface area contributed by atoms with Crippen LogP contribution in [-0.2, 0) is 11.3 Å². The van der Waals surface area contributed by atoms with Crippen LogP contribution < -0.4 is 0 Å². The molecule has 0 atom stereocenters. The van der Waals surface area contributed by atoms with E-state index in [0.29, 0.717) is 12.4 Å². The molecule has 0 aliphatic heterocycles. The van der Waals surface area contributed by atoms with Gasteiger partial charge in [0.25, 0.3) is 0 Å². The van der Waals surface area contributed by atoms with Gasteiger partial charge in [-0.05, 0) is 42.8 Å². The predicted octanol–water partition coefficient (Wildman–Crippen LogP) is 4.88. The van der Waals surface area contributed by atoms with E-state index in [0.717, 1.165) is 28.4 Å². The maximum Gasteiger partial charge on any atom is 0.174 e. The van der Waals surface area contributed by atoms with Crippen molar-refractivity contribution in [2.24, 2.45) is 0 Å². The SMILES string of the molecule is COCCn1c(C)cc(C(=O)CSc2ccc3ccccc3c2)c1C. The number of Topliss-reactive ketones (excluding diaryl/α,β-unsaturated/α-hetero) is 1. The lowest BCUT2D eigenvalue weighted by Crippen LogP contribution is -2.09. The number of nitrogens with zero attached hydrogens (tertiary/aromatic N) is 1. The van der Waals surface area contributed by atoms with Crippen LogP contribution in [0.5, 0.6) is 0 Å². The normalized spacial score (nSPS) is 11.2. The fourth-order valence-electron chi connectivity index (χ4n) is 3.09. The second-order valence-electron chi connectivity index (χ2n) is 6.15. The van der Waals surface area contributed by atoms with Gasteiger partial charge in [-0.2, -0.15) is 0 Å². The van der Waals surface area contributed by atoms with Gasteiger partial charge in [-0.3, -0.25) is 4.79 Å². The number of fused-ring (bicyclic) bond motifs is 1. The number of hydrogen-bond donors (Lipinski definition) is 0. The number of carbonyl (C=O) groups is 1. The van der Waals surface area contributed by atoms with E-state index in [2.05, 4.69) is 34.9 Å². The third-order valence-electron chi connectivity index (χ3n) is 4.48. The van der Waals surface area contributed by atoms with Gasteiger partial charge < -0.3 is 9.30 Å². The molecule has 1 heterocycles. The maximum absolute atomic E-state index is 12.7. The molecule has 0 spiro atoms. The van der Waals surface area contributed by atoms with Crippen LogP contribution in [0, 0.1) is 13.8 Å². The molecule has 0 aliphatic carbocycles. The first kappa shape index (κ1) is 17.8. The number of hydrogen-bond acceptors (Lipinski definition) is 3. The van der Waals surface area contributed by atoms with Crippen LogP contribution >= 0.6 is 11.8 Å². The zero-order valence-electron chi connectivity index (χ0n) is 14.9. The summed E-state index contributed by atoms with van der Waals surface area (Å²) >= 11 is 1.60. The quantitative estimate of drug-likeness (QED) is 0.448. The van der Waals surface area contributed by atoms with E-state index in [4.69, 9.17) is 4.74 Å². The molecule has 0 unspecified atom stereocenters. The topological polar surface area (TPSA) is 31.2 Å². The van der Waals surface area contributed by atoms with E-state index in [1.807, 2.05) is 32.0 Å². The van der Waals surface area contributed by atoms with Crippen molar-refractivity contribution >= 4 is 28.3 Å². The van der Waals surface area contributed by atoms with Gasteiger partial charge in [0, 0.05) is 35.5 Å². The smallest absolute Gasteiger partial charge is 0.174 e. The lowest BCUT2D eigenvalue weighted by molar-refractivity contribution is 0.102. The molecule has 0 saturated carbocycles. The second-order valence-corrected chi connectivity index (χ2v) is 7.20. The van der Waals surface area contributed by atoms with Crippen molar-refractivity contribution in [1.29, 1.82) is 0 Å². The molecule has 25 heavy (non-hydrogen) atoms. The Bertz CT molecular complexity index is 898. The number of ether oxygens (including phenoxy) is 1. The van der Waals surface area contributed by atoms with Crippen LogP contribution in [0.2, 0.25) is 0 Å². The lowest BCUT2D eigenvalue weighted by Gasteiger charge is -2.09. The van der Waals surface area contributed by atoms with Gasteiger partial charge in [0.2, 0.25) is 0 Å². The van der Waals surface area contributed by atoms with Gasteiger partial charge in [-0.1, -0.05) is 30.3 Å². The molecule has 0 saturated heterocycles. The molecular formula is C21H23NO2S. The number of thioether (sulfide) groups is 1. The highest BCUT2D eigenvalue weighted by atomic mass is 32.2. The highest BCUT2D eigenvalue weighted by Gasteiger charge is 2.15. The largest absolute Gasteiger partial charge is 0.383 e.